The lowest BCUT2D eigenvalue weighted by molar-refractivity contribution is 0.475. The first-order chi connectivity index (χ1) is 8.00. The molecule has 0 saturated heterocycles. The summed E-state index contributed by atoms with van der Waals surface area (Å²) >= 11 is 0. The van der Waals surface area contributed by atoms with Crippen molar-refractivity contribution in [2.24, 2.45) is 0 Å². The zero-order valence-corrected chi connectivity index (χ0v) is 10.4. The van der Waals surface area contributed by atoms with Gasteiger partial charge in [-0.3, -0.25) is 4.21 Å². The van der Waals surface area contributed by atoms with Gasteiger partial charge in [-0.05, 0) is 49.2 Å². The number of phenolic OH excluding ortho intramolecular Hbond substituents is 1. The van der Waals surface area contributed by atoms with Crippen molar-refractivity contribution in [2.45, 2.75) is 16.7 Å². The van der Waals surface area contributed by atoms with Gasteiger partial charge in [-0.15, -0.1) is 0 Å². The fraction of sp³-hybridized carbons (Fsp3) is 0.0714. The first kappa shape index (κ1) is 11.7. The topological polar surface area (TPSA) is 37.3 Å². The van der Waals surface area contributed by atoms with Gasteiger partial charge in [0.15, 0.2) is 0 Å². The van der Waals surface area contributed by atoms with Gasteiger partial charge in [0.25, 0.3) is 0 Å². The van der Waals surface area contributed by atoms with Gasteiger partial charge in [-0.1, -0.05) is 17.7 Å². The summed E-state index contributed by atoms with van der Waals surface area (Å²) in [6.45, 7) is 1.98. The van der Waals surface area contributed by atoms with Gasteiger partial charge in [0.2, 0.25) is 0 Å². The van der Waals surface area contributed by atoms with Crippen molar-refractivity contribution in [1.82, 2.24) is 0 Å². The second-order valence-corrected chi connectivity index (χ2v) is 6.28. The van der Waals surface area contributed by atoms with Gasteiger partial charge < -0.3 is 5.11 Å². The van der Waals surface area contributed by atoms with Crippen molar-refractivity contribution >= 4 is 15.4 Å². The van der Waals surface area contributed by atoms with E-state index in [9.17, 15) is 9.32 Å². The molecule has 2 nitrogen and oxygen atoms in total. The van der Waals surface area contributed by atoms with E-state index in [-0.39, 0.29) is 5.75 Å². The fourth-order valence-electron chi connectivity index (χ4n) is 1.56. The van der Waals surface area contributed by atoms with E-state index >= 15 is 0 Å². The third kappa shape index (κ3) is 2.34. The van der Waals surface area contributed by atoms with Gasteiger partial charge >= 0.3 is 0 Å². The molecule has 0 aliphatic carbocycles. The van der Waals surface area contributed by atoms with Crippen LogP contribution in [0.3, 0.4) is 0 Å². The summed E-state index contributed by atoms with van der Waals surface area (Å²) in [5, 5.41) is 9.22. The summed E-state index contributed by atoms with van der Waals surface area (Å²) in [7, 11) is -2.48. The van der Waals surface area contributed by atoms with Gasteiger partial charge in [-0.25, -0.2) is 0 Å². The molecule has 88 valence electrons. The molecule has 0 saturated carbocycles. The van der Waals surface area contributed by atoms with Crippen LogP contribution in [-0.2, 0) is 9.52 Å². The van der Waals surface area contributed by atoms with Crippen LogP contribution in [0.15, 0.2) is 58.3 Å². The fourth-order valence-corrected chi connectivity index (χ4v) is 2.98. The first-order valence-electron chi connectivity index (χ1n) is 5.23. The molecule has 0 bridgehead atoms. The van der Waals surface area contributed by atoms with E-state index in [1.807, 2.05) is 31.2 Å². The maximum absolute atomic E-state index is 12.6. The van der Waals surface area contributed by atoms with E-state index < -0.39 is 9.52 Å². The summed E-state index contributed by atoms with van der Waals surface area (Å²) in [4.78, 5) is 1.33. The molecule has 0 amide bonds. The van der Waals surface area contributed by atoms with Gasteiger partial charge in [0, 0.05) is 19.3 Å². The lowest BCUT2D eigenvalue weighted by atomic mass is 10.2. The third-order valence-electron chi connectivity index (χ3n) is 2.62. The van der Waals surface area contributed by atoms with Crippen LogP contribution in [0.5, 0.6) is 5.75 Å². The molecule has 2 aromatic rings. The van der Waals surface area contributed by atoms with Crippen LogP contribution in [0.2, 0.25) is 0 Å². The number of hydrogen-bond donors (Lipinski definition) is 1. The SMILES string of the molecule is C=S(=O)(c1ccc(C)cc1)c1ccc(O)cc1. The average molecular weight is 246 g/mol. The Balaban J connectivity index is 2.50. The minimum atomic E-state index is -2.48. The molecule has 2 rings (SSSR count). The van der Waals surface area contributed by atoms with Gasteiger partial charge in [0.05, 0.1) is 0 Å². The Kier molecular flexibility index (Phi) is 2.94. The van der Waals surface area contributed by atoms with E-state index in [0.29, 0.717) is 9.79 Å². The highest BCUT2D eigenvalue weighted by Crippen LogP contribution is 2.22. The highest BCUT2D eigenvalue weighted by Gasteiger charge is 2.10. The van der Waals surface area contributed by atoms with Crippen LogP contribution in [0.1, 0.15) is 5.56 Å². The molecule has 17 heavy (non-hydrogen) atoms. The molecular weight excluding hydrogens is 232 g/mol. The number of aromatic hydroxyl groups is 1. The number of aryl methyl sites for hydroxylation is 1. The zero-order chi connectivity index (χ0) is 12.5. The van der Waals surface area contributed by atoms with Crippen LogP contribution in [0.4, 0.5) is 0 Å². The minimum absolute atomic E-state index is 0.160. The molecule has 0 aliphatic heterocycles. The van der Waals surface area contributed by atoms with E-state index in [4.69, 9.17) is 0 Å². The van der Waals surface area contributed by atoms with E-state index in [0.717, 1.165) is 5.56 Å². The first-order valence-corrected chi connectivity index (χ1v) is 6.96. The van der Waals surface area contributed by atoms with Crippen LogP contribution in [0, 0.1) is 6.92 Å². The highest BCUT2D eigenvalue weighted by molar-refractivity contribution is 8.00. The average Bonchev–Trinajstić information content (AvgIpc) is 2.30. The number of benzene rings is 2. The van der Waals surface area contributed by atoms with Crippen molar-refractivity contribution in [3.8, 4) is 5.75 Å². The molecular formula is C14H14O2S. The summed E-state index contributed by atoms with van der Waals surface area (Å²) < 4.78 is 12.6. The normalized spacial score (nSPS) is 14.2. The Labute approximate surface area is 102 Å². The molecule has 0 aromatic heterocycles. The molecule has 0 radical (unpaired) electrons. The molecule has 1 N–H and O–H groups in total. The molecule has 0 aliphatic rings. The molecule has 0 fully saturated rings. The lowest BCUT2D eigenvalue weighted by Crippen LogP contribution is -2.01. The Hall–Kier alpha value is -1.74. The van der Waals surface area contributed by atoms with E-state index in [2.05, 4.69) is 5.87 Å². The third-order valence-corrected chi connectivity index (χ3v) is 4.69. The smallest absolute Gasteiger partial charge is 0.115 e. The maximum Gasteiger partial charge on any atom is 0.115 e. The quantitative estimate of drug-likeness (QED) is 0.827. The van der Waals surface area contributed by atoms with Crippen molar-refractivity contribution in [2.75, 3.05) is 0 Å². The van der Waals surface area contributed by atoms with Crippen molar-refractivity contribution in [1.29, 1.82) is 0 Å². The zero-order valence-electron chi connectivity index (χ0n) is 9.59. The molecule has 1 atom stereocenters. The van der Waals surface area contributed by atoms with Crippen molar-refractivity contribution in [3.05, 3.63) is 54.1 Å². The summed E-state index contributed by atoms with van der Waals surface area (Å²) in [5.74, 6) is 3.98. The maximum atomic E-state index is 12.6. The van der Waals surface area contributed by atoms with Crippen molar-refractivity contribution < 1.29 is 9.32 Å². The van der Waals surface area contributed by atoms with Crippen LogP contribution in [0.25, 0.3) is 0 Å². The Morgan fingerprint density at radius 3 is 1.82 bits per heavy atom. The minimum Gasteiger partial charge on any atom is -0.508 e. The second kappa shape index (κ2) is 4.26. The Morgan fingerprint density at radius 2 is 1.35 bits per heavy atom. The monoisotopic (exact) mass is 246 g/mol. The van der Waals surface area contributed by atoms with Crippen LogP contribution >= 0.6 is 0 Å². The molecule has 0 heterocycles. The highest BCUT2D eigenvalue weighted by atomic mass is 32.2. The molecule has 1 unspecified atom stereocenters. The summed E-state index contributed by atoms with van der Waals surface area (Å²) in [6.07, 6.45) is 0. The van der Waals surface area contributed by atoms with Crippen molar-refractivity contribution in [3.63, 3.8) is 0 Å². The van der Waals surface area contributed by atoms with Gasteiger partial charge in [-0.2, -0.15) is 0 Å². The number of hydrogen-bond acceptors (Lipinski definition) is 2. The lowest BCUT2D eigenvalue weighted by Gasteiger charge is -2.10. The summed E-state index contributed by atoms with van der Waals surface area (Å²) in [6, 6.07) is 13.8. The predicted octanol–water partition coefficient (Wildman–Crippen LogP) is 2.84. The molecule has 3 heteroatoms. The number of rotatable bonds is 2. The predicted molar refractivity (Wildman–Crippen MR) is 71.1 cm³/mol. The largest absolute Gasteiger partial charge is 0.508 e. The Morgan fingerprint density at radius 1 is 0.941 bits per heavy atom. The second-order valence-electron chi connectivity index (χ2n) is 3.98. The van der Waals surface area contributed by atoms with Crippen LogP contribution < -0.4 is 0 Å². The van der Waals surface area contributed by atoms with E-state index in [1.165, 1.54) is 12.1 Å². The van der Waals surface area contributed by atoms with Gasteiger partial charge in [0.1, 0.15) is 5.75 Å². The molecule has 2 aromatic carbocycles. The summed E-state index contributed by atoms with van der Waals surface area (Å²) in [5.41, 5.74) is 1.12. The standard InChI is InChI=1S/C14H14O2S/c1-11-3-7-13(8-4-11)17(2,16)14-9-5-12(15)6-10-14/h3-10,15H,2H2,1H3. The van der Waals surface area contributed by atoms with Crippen LogP contribution in [-0.4, -0.2) is 15.2 Å². The molecule has 0 spiro atoms. The Bertz CT molecular complexity index is 557. The van der Waals surface area contributed by atoms with E-state index in [1.54, 1.807) is 12.1 Å². The number of phenols is 1.